The summed E-state index contributed by atoms with van der Waals surface area (Å²) in [6.45, 7) is 10.4. The third kappa shape index (κ3) is 7.87. The number of nitrogens with zero attached hydrogens (tertiary/aromatic N) is 1. The summed E-state index contributed by atoms with van der Waals surface area (Å²) in [5.74, 6) is 0.941. The van der Waals surface area contributed by atoms with E-state index in [-0.39, 0.29) is 37.1 Å². The summed E-state index contributed by atoms with van der Waals surface area (Å²) in [7, 11) is 0. The molecule has 1 aliphatic heterocycles. The SMILES string of the molecule is CC(C)Oc1ccc(CN(CC(=O)O)C(=O)CCc2ccc3c(c2)C[C@](C)(Cc2ccc(C(C)C)cc2)O3)cc1. The van der Waals surface area contributed by atoms with Crippen LogP contribution in [0.4, 0.5) is 0 Å². The summed E-state index contributed by atoms with van der Waals surface area (Å²) in [4.78, 5) is 26.0. The van der Waals surface area contributed by atoms with Gasteiger partial charge in [-0.15, -0.1) is 0 Å². The average Bonchev–Trinajstić information content (AvgIpc) is 3.22. The number of aliphatic carboxylic acids is 1. The van der Waals surface area contributed by atoms with Crippen LogP contribution in [-0.2, 0) is 35.4 Å². The summed E-state index contributed by atoms with van der Waals surface area (Å²) in [5, 5.41) is 9.41. The minimum Gasteiger partial charge on any atom is -0.491 e. The average molecular weight is 544 g/mol. The highest BCUT2D eigenvalue weighted by molar-refractivity contribution is 5.81. The lowest BCUT2D eigenvalue weighted by atomic mass is 9.90. The molecule has 40 heavy (non-hydrogen) atoms. The Labute approximate surface area is 237 Å². The number of ether oxygens (including phenoxy) is 2. The standard InChI is InChI=1S/C34H41NO5/c1-23(2)28-12-6-26(7-13-28)19-34(5)20-29-18-25(10-16-31(29)40-34)11-17-32(36)35(22-33(37)38)21-27-8-14-30(15-9-27)39-24(3)4/h6-10,12-16,18,23-24H,11,17,19-22H2,1-5H3,(H,37,38)/t34-/m0/s1. The zero-order chi connectivity index (χ0) is 28.9. The van der Waals surface area contributed by atoms with Gasteiger partial charge in [0, 0.05) is 25.8 Å². The fourth-order valence-electron chi connectivity index (χ4n) is 5.25. The molecule has 1 atom stereocenters. The second-order valence-electron chi connectivity index (χ2n) is 11.7. The number of carboxylic acid groups (broad SMARTS) is 1. The summed E-state index contributed by atoms with van der Waals surface area (Å²) < 4.78 is 12.1. The molecule has 0 saturated carbocycles. The molecule has 0 fully saturated rings. The van der Waals surface area contributed by atoms with Gasteiger partial charge in [0.1, 0.15) is 23.6 Å². The molecular weight excluding hydrogens is 502 g/mol. The predicted octanol–water partition coefficient (Wildman–Crippen LogP) is 6.58. The van der Waals surface area contributed by atoms with Gasteiger partial charge in [-0.2, -0.15) is 0 Å². The number of hydrogen-bond donors (Lipinski definition) is 1. The zero-order valence-electron chi connectivity index (χ0n) is 24.3. The third-order valence-electron chi connectivity index (χ3n) is 7.25. The largest absolute Gasteiger partial charge is 0.491 e. The van der Waals surface area contributed by atoms with Crippen molar-refractivity contribution in [1.29, 1.82) is 0 Å². The van der Waals surface area contributed by atoms with Crippen molar-refractivity contribution in [2.75, 3.05) is 6.54 Å². The quantitative estimate of drug-likeness (QED) is 0.279. The minimum absolute atomic E-state index is 0.0671. The van der Waals surface area contributed by atoms with Crippen LogP contribution in [0.5, 0.6) is 11.5 Å². The lowest BCUT2D eigenvalue weighted by Gasteiger charge is -2.24. The molecule has 0 unspecified atom stereocenters. The van der Waals surface area contributed by atoms with Gasteiger partial charge in [0.25, 0.3) is 0 Å². The number of carboxylic acids is 1. The Bertz CT molecular complexity index is 1310. The Morgan fingerprint density at radius 2 is 1.60 bits per heavy atom. The molecule has 1 aliphatic rings. The van der Waals surface area contributed by atoms with Crippen LogP contribution in [0.25, 0.3) is 0 Å². The van der Waals surface area contributed by atoms with E-state index in [1.54, 1.807) is 0 Å². The van der Waals surface area contributed by atoms with E-state index in [1.807, 2.05) is 50.2 Å². The van der Waals surface area contributed by atoms with Gasteiger partial charge in [-0.25, -0.2) is 0 Å². The van der Waals surface area contributed by atoms with Crippen molar-refractivity contribution in [2.45, 2.75) is 84.5 Å². The van der Waals surface area contributed by atoms with E-state index in [9.17, 15) is 14.7 Å². The summed E-state index contributed by atoms with van der Waals surface area (Å²) >= 11 is 0. The highest BCUT2D eigenvalue weighted by Gasteiger charge is 2.35. The van der Waals surface area contributed by atoms with Crippen molar-refractivity contribution in [1.82, 2.24) is 4.90 Å². The molecule has 0 radical (unpaired) electrons. The summed E-state index contributed by atoms with van der Waals surface area (Å²) in [6.07, 6.45) is 2.47. The Hall–Kier alpha value is -3.80. The molecule has 0 bridgehead atoms. The number of amides is 1. The zero-order valence-corrected chi connectivity index (χ0v) is 24.3. The number of fused-ring (bicyclic) bond motifs is 1. The predicted molar refractivity (Wildman–Crippen MR) is 157 cm³/mol. The fourth-order valence-corrected chi connectivity index (χ4v) is 5.25. The van der Waals surface area contributed by atoms with Crippen LogP contribution >= 0.6 is 0 Å². The van der Waals surface area contributed by atoms with Crippen LogP contribution in [-0.4, -0.2) is 40.1 Å². The second kappa shape index (κ2) is 12.6. The van der Waals surface area contributed by atoms with E-state index in [1.165, 1.54) is 16.0 Å². The number of rotatable bonds is 12. The van der Waals surface area contributed by atoms with Crippen LogP contribution < -0.4 is 9.47 Å². The van der Waals surface area contributed by atoms with E-state index >= 15 is 0 Å². The topological polar surface area (TPSA) is 76.1 Å². The number of benzene rings is 3. The van der Waals surface area contributed by atoms with E-state index < -0.39 is 5.97 Å². The van der Waals surface area contributed by atoms with Crippen molar-refractivity contribution in [2.24, 2.45) is 0 Å². The second-order valence-corrected chi connectivity index (χ2v) is 11.7. The Morgan fingerprint density at radius 3 is 2.23 bits per heavy atom. The molecule has 0 aromatic heterocycles. The lowest BCUT2D eigenvalue weighted by molar-refractivity contribution is -0.144. The van der Waals surface area contributed by atoms with Crippen molar-refractivity contribution >= 4 is 11.9 Å². The van der Waals surface area contributed by atoms with E-state index in [4.69, 9.17) is 9.47 Å². The molecule has 6 heteroatoms. The van der Waals surface area contributed by atoms with Gasteiger partial charge in [0.05, 0.1) is 6.10 Å². The van der Waals surface area contributed by atoms with Crippen LogP contribution in [0.1, 0.15) is 74.8 Å². The summed E-state index contributed by atoms with van der Waals surface area (Å²) in [5.41, 5.74) is 5.33. The number of aryl methyl sites for hydroxylation is 1. The first-order chi connectivity index (χ1) is 19.0. The molecule has 212 valence electrons. The Kier molecular flexibility index (Phi) is 9.18. The van der Waals surface area contributed by atoms with Crippen LogP contribution in [0.3, 0.4) is 0 Å². The molecule has 1 heterocycles. The lowest BCUT2D eigenvalue weighted by Crippen LogP contribution is -2.35. The number of carbonyl (C=O) groups is 2. The van der Waals surface area contributed by atoms with Gasteiger partial charge >= 0.3 is 5.97 Å². The normalized spacial score (nSPS) is 16.1. The maximum atomic E-state index is 13.1. The van der Waals surface area contributed by atoms with Crippen molar-refractivity contribution in [3.8, 4) is 11.5 Å². The summed E-state index contributed by atoms with van der Waals surface area (Å²) in [6, 6.07) is 22.4. The molecule has 0 aliphatic carbocycles. The first-order valence-electron chi connectivity index (χ1n) is 14.1. The van der Waals surface area contributed by atoms with Gasteiger partial charge in [0.15, 0.2) is 0 Å². The number of hydrogen-bond acceptors (Lipinski definition) is 4. The molecule has 1 N–H and O–H groups in total. The van der Waals surface area contributed by atoms with Crippen molar-refractivity contribution in [3.05, 3.63) is 94.5 Å². The van der Waals surface area contributed by atoms with Gasteiger partial charge in [-0.3, -0.25) is 9.59 Å². The van der Waals surface area contributed by atoms with Crippen LogP contribution in [0.15, 0.2) is 66.7 Å². The smallest absolute Gasteiger partial charge is 0.323 e. The highest BCUT2D eigenvalue weighted by atomic mass is 16.5. The van der Waals surface area contributed by atoms with Gasteiger partial charge in [0.2, 0.25) is 5.91 Å². The first kappa shape index (κ1) is 29.2. The van der Waals surface area contributed by atoms with Crippen LogP contribution in [0, 0.1) is 0 Å². The molecule has 4 rings (SSSR count). The molecular formula is C34H41NO5. The maximum Gasteiger partial charge on any atom is 0.323 e. The van der Waals surface area contributed by atoms with E-state index in [0.29, 0.717) is 12.3 Å². The van der Waals surface area contributed by atoms with E-state index in [2.05, 4.69) is 51.1 Å². The van der Waals surface area contributed by atoms with Crippen molar-refractivity contribution < 1.29 is 24.2 Å². The van der Waals surface area contributed by atoms with Crippen molar-refractivity contribution in [3.63, 3.8) is 0 Å². The molecule has 3 aromatic carbocycles. The molecule has 1 amide bonds. The maximum absolute atomic E-state index is 13.1. The Morgan fingerprint density at radius 1 is 0.950 bits per heavy atom. The Balaban J connectivity index is 1.36. The molecule has 6 nitrogen and oxygen atoms in total. The first-order valence-corrected chi connectivity index (χ1v) is 14.1. The molecule has 3 aromatic rings. The van der Waals surface area contributed by atoms with Crippen LogP contribution in [0.2, 0.25) is 0 Å². The van der Waals surface area contributed by atoms with E-state index in [0.717, 1.165) is 41.0 Å². The molecule has 0 spiro atoms. The monoisotopic (exact) mass is 543 g/mol. The third-order valence-corrected chi connectivity index (χ3v) is 7.25. The number of carbonyl (C=O) groups excluding carboxylic acids is 1. The molecule has 0 saturated heterocycles. The van der Waals surface area contributed by atoms with Gasteiger partial charge < -0.3 is 19.5 Å². The minimum atomic E-state index is -1.03. The van der Waals surface area contributed by atoms with Gasteiger partial charge in [-0.05, 0) is 79.1 Å². The van der Waals surface area contributed by atoms with Gasteiger partial charge in [-0.1, -0.05) is 62.4 Å². The highest BCUT2D eigenvalue weighted by Crippen LogP contribution is 2.38. The fraction of sp³-hybridized carbons (Fsp3) is 0.412.